The highest BCUT2D eigenvalue weighted by molar-refractivity contribution is 5.97. The van der Waals surface area contributed by atoms with Gasteiger partial charge in [-0.2, -0.15) is 0 Å². The van der Waals surface area contributed by atoms with Gasteiger partial charge in [0.2, 0.25) is 0 Å². The van der Waals surface area contributed by atoms with Crippen molar-refractivity contribution in [1.82, 2.24) is 5.32 Å². The molecule has 3 nitrogen and oxygen atoms in total. The van der Waals surface area contributed by atoms with Crippen molar-refractivity contribution < 1.29 is 4.79 Å². The molecule has 1 saturated heterocycles. The molecule has 0 spiro atoms. The number of piperidine rings is 1. The molecule has 0 bridgehead atoms. The molecule has 0 atom stereocenters. The van der Waals surface area contributed by atoms with Crippen LogP contribution in [0.2, 0.25) is 0 Å². The lowest BCUT2D eigenvalue weighted by Crippen LogP contribution is -2.35. The molecule has 130 valence electrons. The Bertz CT molecular complexity index is 664. The van der Waals surface area contributed by atoms with Gasteiger partial charge in [0, 0.05) is 17.5 Å². The van der Waals surface area contributed by atoms with Gasteiger partial charge in [-0.25, -0.2) is 0 Å². The van der Waals surface area contributed by atoms with Gasteiger partial charge in [0.15, 0.2) is 5.78 Å². The Labute approximate surface area is 150 Å². The molecule has 1 aliphatic rings. The van der Waals surface area contributed by atoms with Crippen LogP contribution in [0.3, 0.4) is 0 Å². The van der Waals surface area contributed by atoms with E-state index in [4.69, 9.17) is 4.99 Å². The summed E-state index contributed by atoms with van der Waals surface area (Å²) >= 11 is 0. The van der Waals surface area contributed by atoms with Gasteiger partial charge in [-0.15, -0.1) is 0 Å². The summed E-state index contributed by atoms with van der Waals surface area (Å²) in [6.07, 6.45) is 2.15. The van der Waals surface area contributed by atoms with E-state index in [-0.39, 0.29) is 18.2 Å². The van der Waals surface area contributed by atoms with Crippen LogP contribution in [0.15, 0.2) is 65.7 Å². The highest BCUT2D eigenvalue weighted by Crippen LogP contribution is 2.32. The van der Waals surface area contributed by atoms with Crippen LogP contribution in [0.25, 0.3) is 0 Å². The fraction of sp³-hybridized carbons (Fsp3) is 0.364. The van der Waals surface area contributed by atoms with E-state index in [0.29, 0.717) is 5.92 Å². The third kappa shape index (κ3) is 4.64. The third-order valence-electron chi connectivity index (χ3n) is 4.80. The van der Waals surface area contributed by atoms with Gasteiger partial charge >= 0.3 is 0 Å². The Hall–Kier alpha value is -2.26. The summed E-state index contributed by atoms with van der Waals surface area (Å²) in [6, 6.07) is 21.1. The number of nitrogens with one attached hydrogen (secondary N) is 1. The van der Waals surface area contributed by atoms with Crippen LogP contribution in [0, 0.1) is 5.92 Å². The predicted octanol–water partition coefficient (Wildman–Crippen LogP) is 3.85. The van der Waals surface area contributed by atoms with E-state index in [2.05, 4.69) is 53.8 Å². The highest BCUT2D eigenvalue weighted by atomic mass is 16.1. The van der Waals surface area contributed by atoms with Crippen molar-refractivity contribution in [2.75, 3.05) is 19.6 Å². The molecule has 0 amide bonds. The molecule has 1 fully saturated rings. The van der Waals surface area contributed by atoms with E-state index in [1.165, 1.54) is 11.1 Å². The fourth-order valence-corrected chi connectivity index (χ4v) is 3.60. The summed E-state index contributed by atoms with van der Waals surface area (Å²) < 4.78 is 0. The first kappa shape index (κ1) is 17.6. The van der Waals surface area contributed by atoms with Gasteiger partial charge < -0.3 is 5.32 Å². The molecule has 3 rings (SSSR count). The van der Waals surface area contributed by atoms with E-state index in [1.54, 1.807) is 6.92 Å². The molecule has 0 radical (unpaired) electrons. The summed E-state index contributed by atoms with van der Waals surface area (Å²) in [5.41, 5.74) is 3.65. The molecule has 1 heterocycles. The van der Waals surface area contributed by atoms with Gasteiger partial charge in [0.1, 0.15) is 0 Å². The van der Waals surface area contributed by atoms with Crippen LogP contribution in [0.4, 0.5) is 0 Å². The second-order valence-electron chi connectivity index (χ2n) is 6.72. The van der Waals surface area contributed by atoms with Crippen molar-refractivity contribution >= 4 is 11.5 Å². The Morgan fingerprint density at radius 2 is 1.52 bits per heavy atom. The Kier molecular flexibility index (Phi) is 6.13. The molecule has 0 aromatic heterocycles. The second-order valence-corrected chi connectivity index (χ2v) is 6.72. The lowest BCUT2D eigenvalue weighted by molar-refractivity contribution is -0.115. The van der Waals surface area contributed by atoms with Gasteiger partial charge in [0.05, 0.1) is 6.54 Å². The normalized spacial score (nSPS) is 16.2. The molecular formula is C22H26N2O. The summed E-state index contributed by atoms with van der Waals surface area (Å²) in [5, 5.41) is 3.43. The van der Waals surface area contributed by atoms with Crippen molar-refractivity contribution in [2.24, 2.45) is 10.9 Å². The number of Topliss-reactive ketones (excluding diaryl/α,β-unsaturated/α-hetero) is 1. The minimum atomic E-state index is 0.116. The molecule has 0 saturated carbocycles. The summed E-state index contributed by atoms with van der Waals surface area (Å²) in [4.78, 5) is 16.4. The molecule has 2 aromatic rings. The molecule has 25 heavy (non-hydrogen) atoms. The zero-order valence-electron chi connectivity index (χ0n) is 14.8. The first-order valence-electron chi connectivity index (χ1n) is 9.10. The smallest absolute Gasteiger partial charge is 0.151 e. The van der Waals surface area contributed by atoms with Crippen LogP contribution in [0.1, 0.15) is 36.8 Å². The van der Waals surface area contributed by atoms with E-state index in [9.17, 15) is 4.79 Å². The fourth-order valence-electron chi connectivity index (χ4n) is 3.60. The SMILES string of the molecule is CC(=O)CN=C(C1CCNCC1)C(c1ccccc1)c1ccccc1. The maximum absolute atomic E-state index is 11.6. The topological polar surface area (TPSA) is 41.5 Å². The second kappa shape index (κ2) is 8.72. The third-order valence-corrected chi connectivity index (χ3v) is 4.80. The first-order valence-corrected chi connectivity index (χ1v) is 9.10. The average Bonchev–Trinajstić information content (AvgIpc) is 2.67. The first-order chi connectivity index (χ1) is 12.3. The maximum Gasteiger partial charge on any atom is 0.151 e. The van der Waals surface area contributed by atoms with Gasteiger partial charge in [-0.1, -0.05) is 60.7 Å². The number of carbonyl (C=O) groups is 1. The lowest BCUT2D eigenvalue weighted by Gasteiger charge is -2.30. The van der Waals surface area contributed by atoms with Gasteiger partial charge in [-0.3, -0.25) is 9.79 Å². The summed E-state index contributed by atoms with van der Waals surface area (Å²) in [6.45, 7) is 3.92. The van der Waals surface area contributed by atoms with E-state index >= 15 is 0 Å². The highest BCUT2D eigenvalue weighted by Gasteiger charge is 2.28. The number of hydrogen-bond acceptors (Lipinski definition) is 3. The number of aliphatic imine (C=N–C) groups is 1. The van der Waals surface area contributed by atoms with E-state index < -0.39 is 0 Å². The van der Waals surface area contributed by atoms with E-state index in [1.807, 2.05) is 12.1 Å². The number of carbonyl (C=O) groups excluding carboxylic acids is 1. The Morgan fingerprint density at radius 1 is 1.00 bits per heavy atom. The molecule has 0 unspecified atom stereocenters. The van der Waals surface area contributed by atoms with Crippen LogP contribution >= 0.6 is 0 Å². The molecule has 0 aliphatic carbocycles. The predicted molar refractivity (Wildman–Crippen MR) is 103 cm³/mol. The minimum absolute atomic E-state index is 0.116. The van der Waals surface area contributed by atoms with Crippen LogP contribution in [0.5, 0.6) is 0 Å². The summed E-state index contributed by atoms with van der Waals surface area (Å²) in [5.74, 6) is 0.655. The molecule has 1 N–H and O–H groups in total. The van der Waals surface area contributed by atoms with E-state index in [0.717, 1.165) is 31.6 Å². The minimum Gasteiger partial charge on any atom is -0.317 e. The molecule has 1 aliphatic heterocycles. The lowest BCUT2D eigenvalue weighted by atomic mass is 9.78. The molecule has 3 heteroatoms. The summed E-state index contributed by atoms with van der Waals surface area (Å²) in [7, 11) is 0. The Balaban J connectivity index is 2.05. The quantitative estimate of drug-likeness (QED) is 0.815. The van der Waals surface area contributed by atoms with Gasteiger partial charge in [-0.05, 0) is 44.0 Å². The number of rotatable bonds is 6. The van der Waals surface area contributed by atoms with Crippen LogP contribution in [-0.4, -0.2) is 31.1 Å². The van der Waals surface area contributed by atoms with Crippen molar-refractivity contribution in [3.05, 3.63) is 71.8 Å². The maximum atomic E-state index is 11.6. The average molecular weight is 334 g/mol. The molecular weight excluding hydrogens is 308 g/mol. The largest absolute Gasteiger partial charge is 0.317 e. The zero-order chi connectivity index (χ0) is 17.5. The number of hydrogen-bond donors (Lipinski definition) is 1. The zero-order valence-corrected chi connectivity index (χ0v) is 14.8. The van der Waals surface area contributed by atoms with Crippen LogP contribution < -0.4 is 5.32 Å². The van der Waals surface area contributed by atoms with Crippen molar-refractivity contribution in [2.45, 2.75) is 25.7 Å². The van der Waals surface area contributed by atoms with Crippen LogP contribution in [-0.2, 0) is 4.79 Å². The number of nitrogens with zero attached hydrogens (tertiary/aromatic N) is 1. The Morgan fingerprint density at radius 3 is 2.00 bits per heavy atom. The number of ketones is 1. The van der Waals surface area contributed by atoms with Gasteiger partial charge in [0.25, 0.3) is 0 Å². The number of benzene rings is 2. The standard InChI is InChI=1S/C22H26N2O/c1-17(25)16-24-22(20-12-14-23-15-13-20)21(18-8-4-2-5-9-18)19-10-6-3-7-11-19/h2-11,20-21,23H,12-16H2,1H3. The van der Waals surface area contributed by atoms with Crippen molar-refractivity contribution in [3.8, 4) is 0 Å². The van der Waals surface area contributed by atoms with Crippen molar-refractivity contribution in [3.63, 3.8) is 0 Å². The molecule has 2 aromatic carbocycles. The monoisotopic (exact) mass is 334 g/mol. The van der Waals surface area contributed by atoms with Crippen molar-refractivity contribution in [1.29, 1.82) is 0 Å².